The quantitative estimate of drug-likeness (QED) is 0.125. The van der Waals surface area contributed by atoms with E-state index in [2.05, 4.69) is 166 Å². The summed E-state index contributed by atoms with van der Waals surface area (Å²) in [6.45, 7) is 14.8. The molecule has 4 heterocycles. The van der Waals surface area contributed by atoms with E-state index in [1.54, 1.807) is 0 Å². The normalized spacial score (nSPS) is 11.7. The highest BCUT2D eigenvalue weighted by Gasteiger charge is 2.20. The molecule has 236 valence electrons. The van der Waals surface area contributed by atoms with Gasteiger partial charge in [-0.05, 0) is 47.3 Å². The summed E-state index contributed by atoms with van der Waals surface area (Å²) in [5.74, 6) is 0. The van der Waals surface area contributed by atoms with Crippen molar-refractivity contribution in [1.82, 2.24) is 4.98 Å². The number of fused-ring (bicyclic) bond motifs is 6. The van der Waals surface area contributed by atoms with Gasteiger partial charge in [-0.15, -0.1) is 11.3 Å². The van der Waals surface area contributed by atoms with Gasteiger partial charge in [-0.3, -0.25) is 0 Å². The average molecular weight is 886 g/mol. The molecule has 0 amide bonds. The number of alkyl halides is 3. The van der Waals surface area contributed by atoms with Gasteiger partial charge in [0.25, 0.3) is 4.83 Å². The Morgan fingerprint density at radius 2 is 1.18 bits per heavy atom. The molecule has 0 aliphatic carbocycles. The lowest BCUT2D eigenvalue weighted by molar-refractivity contribution is -0.663. The van der Waals surface area contributed by atoms with Gasteiger partial charge in [-0.2, -0.15) is 4.57 Å². The van der Waals surface area contributed by atoms with E-state index < -0.39 is 0 Å². The lowest BCUT2D eigenvalue weighted by Gasteiger charge is -2.15. The first-order valence-corrected chi connectivity index (χ1v) is 19.7. The van der Waals surface area contributed by atoms with E-state index in [1.807, 2.05) is 28.9 Å². The molecule has 4 aromatic heterocycles. The maximum atomic E-state index is 4.58. The molecule has 0 radical (unpaired) electrons. The Morgan fingerprint density at radius 1 is 0.659 bits per heavy atom. The standard InChI is InChI=1S/C18H21BrNS.C16H17NS.C2H4Br2.BrH/c1-18(2,3)11-14-10-16-15-7-5-4-6-13(15)12-20(9-8-19)17(16)21-14;1-16(2,3)9-12-8-14-13-7-5-4-6-11(13)10-17-15(14)18-12;3-1-2-4;/h4-7,10,12H,8-9,11H2,1-3H3;4-8,10H,9H2,1-3H3;1-2H2;1H/q+1;;;/p-1. The molecule has 0 bridgehead atoms. The van der Waals surface area contributed by atoms with E-state index in [1.165, 1.54) is 46.9 Å². The van der Waals surface area contributed by atoms with E-state index >= 15 is 0 Å². The molecule has 8 heteroatoms. The summed E-state index contributed by atoms with van der Waals surface area (Å²) in [6, 6.07) is 21.9. The van der Waals surface area contributed by atoms with Crippen LogP contribution in [0.1, 0.15) is 51.3 Å². The number of aromatic nitrogens is 2. The largest absolute Gasteiger partial charge is 1.00 e. The molecule has 0 saturated heterocycles. The van der Waals surface area contributed by atoms with E-state index in [9.17, 15) is 0 Å². The van der Waals surface area contributed by atoms with Crippen LogP contribution in [-0.4, -0.2) is 21.0 Å². The zero-order valence-electron chi connectivity index (χ0n) is 26.4. The van der Waals surface area contributed by atoms with Gasteiger partial charge in [0.2, 0.25) is 0 Å². The maximum absolute atomic E-state index is 4.58. The van der Waals surface area contributed by atoms with Crippen molar-refractivity contribution in [2.24, 2.45) is 10.8 Å². The number of hydrogen-bond donors (Lipinski definition) is 0. The summed E-state index contributed by atoms with van der Waals surface area (Å²) < 4.78 is 2.39. The SMILES string of the molecule is BrCCBr.CC(C)(C)Cc1cc2c(ncc3ccccc32)s1.CC(C)(C)Cc1cc2c3ccccc3c[n+](CCBr)c2s1.[Br-]. The monoisotopic (exact) mass is 882 g/mol. The minimum absolute atomic E-state index is 0. The molecule has 2 nitrogen and oxygen atoms in total. The van der Waals surface area contributed by atoms with Crippen molar-refractivity contribution >= 4 is 112 Å². The summed E-state index contributed by atoms with van der Waals surface area (Å²) in [4.78, 5) is 10.0. The first-order chi connectivity index (χ1) is 20.4. The highest BCUT2D eigenvalue weighted by Crippen LogP contribution is 2.34. The predicted octanol–water partition coefficient (Wildman–Crippen LogP) is 9.14. The van der Waals surface area contributed by atoms with Crippen LogP contribution in [0.5, 0.6) is 0 Å². The Bertz CT molecular complexity index is 1790. The van der Waals surface area contributed by atoms with E-state index in [-0.39, 0.29) is 17.0 Å². The molecule has 6 rings (SSSR count). The number of benzene rings is 2. The van der Waals surface area contributed by atoms with Crippen LogP contribution in [0.25, 0.3) is 42.0 Å². The second-order valence-electron chi connectivity index (χ2n) is 13.2. The molecule has 6 aromatic rings. The number of pyridine rings is 2. The third-order valence-corrected chi connectivity index (χ3v) is 11.1. The highest BCUT2D eigenvalue weighted by atomic mass is 79.9. The van der Waals surface area contributed by atoms with Gasteiger partial charge in [-0.25, -0.2) is 4.98 Å². The molecule has 0 atom stereocenters. The Morgan fingerprint density at radius 3 is 1.75 bits per heavy atom. The Hall–Kier alpha value is -0.900. The van der Waals surface area contributed by atoms with Crippen LogP contribution in [0, 0.1) is 10.8 Å². The van der Waals surface area contributed by atoms with Crippen molar-refractivity contribution in [3.8, 4) is 0 Å². The first-order valence-electron chi connectivity index (χ1n) is 14.7. The molecule has 0 spiro atoms. The van der Waals surface area contributed by atoms with E-state index in [0.29, 0.717) is 10.8 Å². The minimum atomic E-state index is 0. The van der Waals surface area contributed by atoms with Crippen LogP contribution in [0.15, 0.2) is 73.1 Å². The van der Waals surface area contributed by atoms with Gasteiger partial charge >= 0.3 is 0 Å². The van der Waals surface area contributed by atoms with Crippen LogP contribution in [0.4, 0.5) is 0 Å². The number of aryl methyl sites for hydroxylation is 1. The smallest absolute Gasteiger partial charge is 0.269 e. The van der Waals surface area contributed by atoms with Crippen molar-refractivity contribution < 1.29 is 21.5 Å². The molecular weight excluding hydrogens is 844 g/mol. The molecule has 0 unspecified atom stereocenters. The van der Waals surface area contributed by atoms with Gasteiger partial charge in [0.15, 0.2) is 12.7 Å². The summed E-state index contributed by atoms with van der Waals surface area (Å²) in [6.07, 6.45) is 6.52. The molecule has 0 N–H and O–H groups in total. The number of hydrogen-bond acceptors (Lipinski definition) is 3. The van der Waals surface area contributed by atoms with Crippen LogP contribution in [-0.2, 0) is 19.4 Å². The number of thiophene rings is 2. The minimum Gasteiger partial charge on any atom is -1.00 e. The zero-order valence-corrected chi connectivity index (χ0v) is 34.4. The van der Waals surface area contributed by atoms with Gasteiger partial charge in [0.05, 0.1) is 10.7 Å². The second kappa shape index (κ2) is 16.8. The number of nitrogens with zero attached hydrogens (tertiary/aromatic N) is 2. The second-order valence-corrected chi connectivity index (χ2v) is 17.8. The van der Waals surface area contributed by atoms with E-state index in [4.69, 9.17) is 0 Å². The van der Waals surface area contributed by atoms with Gasteiger partial charge in [0.1, 0.15) is 4.83 Å². The summed E-state index contributed by atoms with van der Waals surface area (Å²) in [5, 5.41) is 11.0. The van der Waals surface area contributed by atoms with Crippen molar-refractivity contribution in [2.75, 3.05) is 16.0 Å². The van der Waals surface area contributed by atoms with Crippen molar-refractivity contribution in [3.63, 3.8) is 0 Å². The Labute approximate surface area is 306 Å². The fourth-order valence-electron chi connectivity index (χ4n) is 5.10. The molecule has 0 aliphatic rings. The Kier molecular flexibility index (Phi) is 14.3. The predicted molar refractivity (Wildman–Crippen MR) is 204 cm³/mol. The van der Waals surface area contributed by atoms with Crippen molar-refractivity contribution in [3.05, 3.63) is 82.8 Å². The average Bonchev–Trinajstić information content (AvgIpc) is 3.56. The van der Waals surface area contributed by atoms with E-state index in [0.717, 1.165) is 40.2 Å². The summed E-state index contributed by atoms with van der Waals surface area (Å²) in [7, 11) is 0. The number of rotatable bonds is 5. The maximum Gasteiger partial charge on any atom is 0.269 e. The lowest BCUT2D eigenvalue weighted by atomic mass is 9.91. The van der Waals surface area contributed by atoms with Crippen LogP contribution in [0.3, 0.4) is 0 Å². The van der Waals surface area contributed by atoms with Crippen LogP contribution >= 0.6 is 70.5 Å². The van der Waals surface area contributed by atoms with Crippen LogP contribution < -0.4 is 21.5 Å². The fraction of sp³-hybridized carbons (Fsp3) is 0.389. The van der Waals surface area contributed by atoms with Gasteiger partial charge < -0.3 is 17.0 Å². The topological polar surface area (TPSA) is 16.8 Å². The Balaban J connectivity index is 0.000000212. The lowest BCUT2D eigenvalue weighted by Crippen LogP contribution is -3.00. The third-order valence-electron chi connectivity index (χ3n) is 6.71. The third kappa shape index (κ3) is 10.3. The van der Waals surface area contributed by atoms with Gasteiger partial charge in [-0.1, -0.05) is 143 Å². The molecule has 2 aromatic carbocycles. The first kappa shape index (κ1) is 37.6. The molecule has 44 heavy (non-hydrogen) atoms. The van der Waals surface area contributed by atoms with Crippen LogP contribution in [0.2, 0.25) is 0 Å². The highest BCUT2D eigenvalue weighted by molar-refractivity contribution is 9.12. The molecule has 0 fully saturated rings. The summed E-state index contributed by atoms with van der Waals surface area (Å²) >= 11 is 13.8. The van der Waals surface area contributed by atoms with Crippen molar-refractivity contribution in [2.45, 2.75) is 60.9 Å². The fourth-order valence-corrected chi connectivity index (χ4v) is 8.27. The number of halogens is 4. The van der Waals surface area contributed by atoms with Crippen molar-refractivity contribution in [1.29, 1.82) is 0 Å². The summed E-state index contributed by atoms with van der Waals surface area (Å²) in [5.41, 5.74) is 0.660. The molecule has 0 saturated carbocycles. The zero-order chi connectivity index (χ0) is 31.2. The molecular formula is C36H42Br4N2S2. The molecule has 0 aliphatic heterocycles. The van der Waals surface area contributed by atoms with Gasteiger partial charge in [0, 0.05) is 48.2 Å².